The smallest absolute Gasteiger partial charge is 0.259 e. The highest BCUT2D eigenvalue weighted by atomic mass is 19.1. The first-order valence-electron chi connectivity index (χ1n) is 10.3. The second kappa shape index (κ2) is 7.42. The number of benzene rings is 1. The number of pyridine rings is 1. The molecule has 0 bridgehead atoms. The van der Waals surface area contributed by atoms with Crippen LogP contribution in [0.4, 0.5) is 15.8 Å². The summed E-state index contributed by atoms with van der Waals surface area (Å²) in [5.74, 6) is 0.0774. The molecule has 2 aromatic heterocycles. The molecule has 0 saturated carbocycles. The summed E-state index contributed by atoms with van der Waals surface area (Å²) >= 11 is 0. The van der Waals surface area contributed by atoms with Gasteiger partial charge in [-0.05, 0) is 32.9 Å². The van der Waals surface area contributed by atoms with E-state index in [9.17, 15) is 9.18 Å². The maximum atomic E-state index is 14.4. The highest BCUT2D eigenvalue weighted by Gasteiger charge is 2.30. The molecule has 8 nitrogen and oxygen atoms in total. The zero-order valence-electron chi connectivity index (χ0n) is 17.6. The molecule has 5 rings (SSSR count). The van der Waals surface area contributed by atoms with Gasteiger partial charge >= 0.3 is 0 Å². The fourth-order valence-electron chi connectivity index (χ4n) is 4.38. The lowest BCUT2D eigenvalue weighted by molar-refractivity contribution is 0.102. The number of fused-ring (bicyclic) bond motifs is 2. The number of nitrogens with one attached hydrogen (secondary N) is 2. The molecule has 9 heteroatoms. The number of rotatable bonds is 3. The van der Waals surface area contributed by atoms with Gasteiger partial charge in [-0.2, -0.15) is 0 Å². The van der Waals surface area contributed by atoms with Gasteiger partial charge in [-0.3, -0.25) is 4.79 Å². The van der Waals surface area contributed by atoms with Crippen LogP contribution in [0.5, 0.6) is 11.5 Å². The number of carbonyl (C=O) groups excluding carboxylic acids is 1. The zero-order valence-corrected chi connectivity index (χ0v) is 17.6. The van der Waals surface area contributed by atoms with Crippen molar-refractivity contribution in [2.75, 3.05) is 30.1 Å². The van der Waals surface area contributed by atoms with Crippen LogP contribution >= 0.6 is 0 Å². The van der Waals surface area contributed by atoms with Crippen LogP contribution in [-0.2, 0) is 0 Å². The van der Waals surface area contributed by atoms with Gasteiger partial charge in [-0.1, -0.05) is 0 Å². The normalized spacial score (nSPS) is 20.3. The van der Waals surface area contributed by atoms with Crippen molar-refractivity contribution in [1.82, 2.24) is 14.7 Å². The average Bonchev–Trinajstić information content (AvgIpc) is 3.33. The number of aryl methyl sites for hydroxylation is 1. The number of hydrogen-bond acceptors (Lipinski definition) is 6. The molecule has 2 atom stereocenters. The molecule has 2 N–H and O–H groups in total. The van der Waals surface area contributed by atoms with E-state index in [-0.39, 0.29) is 12.4 Å². The number of nitrogens with zero attached hydrogens (tertiary/aromatic N) is 3. The summed E-state index contributed by atoms with van der Waals surface area (Å²) in [5, 5.41) is 6.26. The number of carbonyl (C=O) groups is 1. The van der Waals surface area contributed by atoms with Gasteiger partial charge in [-0.15, -0.1) is 0 Å². The van der Waals surface area contributed by atoms with Crippen LogP contribution in [0.1, 0.15) is 29.9 Å². The second-order valence-electron chi connectivity index (χ2n) is 8.21. The van der Waals surface area contributed by atoms with Crippen molar-refractivity contribution in [2.24, 2.45) is 0 Å². The number of anilines is 2. The van der Waals surface area contributed by atoms with Crippen LogP contribution in [0.25, 0.3) is 5.65 Å². The van der Waals surface area contributed by atoms with Crippen LogP contribution in [0.2, 0.25) is 0 Å². The topological polar surface area (TPSA) is 80.1 Å². The van der Waals surface area contributed by atoms with Crippen molar-refractivity contribution < 1.29 is 18.7 Å². The summed E-state index contributed by atoms with van der Waals surface area (Å²) in [6, 6.07) is 5.54. The van der Waals surface area contributed by atoms with E-state index < -0.39 is 11.7 Å². The van der Waals surface area contributed by atoms with Crippen molar-refractivity contribution in [3.05, 3.63) is 47.7 Å². The fourth-order valence-corrected chi connectivity index (χ4v) is 4.38. The molecular formula is C22H24FN5O3. The largest absolute Gasteiger partial charge is 0.453 e. The summed E-state index contributed by atoms with van der Waals surface area (Å²) in [6.07, 6.45) is 3.33. The van der Waals surface area contributed by atoms with Gasteiger partial charge in [0.1, 0.15) is 0 Å². The molecule has 31 heavy (non-hydrogen) atoms. The summed E-state index contributed by atoms with van der Waals surface area (Å²) in [5.41, 5.74) is 2.49. The van der Waals surface area contributed by atoms with Crippen LogP contribution in [0, 0.1) is 12.7 Å². The van der Waals surface area contributed by atoms with E-state index in [2.05, 4.69) is 34.4 Å². The molecule has 0 radical (unpaired) electrons. The van der Waals surface area contributed by atoms with Gasteiger partial charge in [0.05, 0.1) is 22.6 Å². The van der Waals surface area contributed by atoms with Gasteiger partial charge in [-0.25, -0.2) is 9.37 Å². The minimum absolute atomic E-state index is 0.0543. The van der Waals surface area contributed by atoms with Crippen LogP contribution in [-0.4, -0.2) is 47.3 Å². The van der Waals surface area contributed by atoms with Crippen LogP contribution < -0.4 is 25.0 Å². The van der Waals surface area contributed by atoms with Crippen molar-refractivity contribution in [3.8, 4) is 11.5 Å². The molecule has 1 aromatic carbocycles. The molecule has 2 aliphatic rings. The third kappa shape index (κ3) is 3.54. The lowest BCUT2D eigenvalue weighted by Gasteiger charge is -2.38. The molecule has 1 saturated heterocycles. The second-order valence-corrected chi connectivity index (χ2v) is 8.21. The molecule has 4 heterocycles. The van der Waals surface area contributed by atoms with E-state index in [0.717, 1.165) is 18.8 Å². The monoisotopic (exact) mass is 425 g/mol. The summed E-state index contributed by atoms with van der Waals surface area (Å²) < 4.78 is 27.3. The average molecular weight is 425 g/mol. The van der Waals surface area contributed by atoms with Crippen LogP contribution in [0.15, 0.2) is 30.6 Å². The highest BCUT2D eigenvalue weighted by Crippen LogP contribution is 2.44. The van der Waals surface area contributed by atoms with Gasteiger partial charge in [0.2, 0.25) is 6.79 Å². The van der Waals surface area contributed by atoms with Crippen molar-refractivity contribution in [2.45, 2.75) is 32.9 Å². The highest BCUT2D eigenvalue weighted by molar-refractivity contribution is 6.07. The number of ether oxygens (including phenoxy) is 2. The van der Waals surface area contributed by atoms with E-state index in [1.54, 1.807) is 29.8 Å². The first-order valence-corrected chi connectivity index (χ1v) is 10.3. The van der Waals surface area contributed by atoms with E-state index in [0.29, 0.717) is 40.5 Å². The van der Waals surface area contributed by atoms with Gasteiger partial charge in [0.15, 0.2) is 23.0 Å². The Hall–Kier alpha value is -3.33. The number of aromatic nitrogens is 2. The number of halogens is 1. The number of piperazine rings is 1. The zero-order chi connectivity index (χ0) is 21.7. The molecule has 2 aliphatic heterocycles. The summed E-state index contributed by atoms with van der Waals surface area (Å²) in [4.78, 5) is 19.4. The van der Waals surface area contributed by atoms with Crippen molar-refractivity contribution in [1.29, 1.82) is 0 Å². The van der Waals surface area contributed by atoms with E-state index in [1.807, 2.05) is 6.07 Å². The molecule has 0 unspecified atom stereocenters. The molecule has 0 spiro atoms. The fraction of sp³-hybridized carbons (Fsp3) is 0.364. The predicted molar refractivity (Wildman–Crippen MR) is 115 cm³/mol. The Morgan fingerprint density at radius 3 is 2.71 bits per heavy atom. The van der Waals surface area contributed by atoms with Gasteiger partial charge < -0.3 is 29.4 Å². The van der Waals surface area contributed by atoms with E-state index >= 15 is 0 Å². The van der Waals surface area contributed by atoms with Gasteiger partial charge in [0, 0.05) is 43.6 Å². The predicted octanol–water partition coefficient (Wildman–Crippen LogP) is 2.95. The molecule has 0 aliphatic carbocycles. The number of amides is 1. The first-order chi connectivity index (χ1) is 14.9. The Morgan fingerprint density at radius 1 is 1.19 bits per heavy atom. The lowest BCUT2D eigenvalue weighted by Crippen LogP contribution is -2.54. The Kier molecular flexibility index (Phi) is 4.70. The lowest BCUT2D eigenvalue weighted by atomic mass is 10.1. The quantitative estimate of drug-likeness (QED) is 0.672. The third-order valence-electron chi connectivity index (χ3n) is 5.53. The molecule has 1 fully saturated rings. The number of hydrogen-bond donors (Lipinski definition) is 2. The minimum Gasteiger partial charge on any atom is -0.453 e. The minimum atomic E-state index is -0.506. The Bertz CT molecular complexity index is 1170. The van der Waals surface area contributed by atoms with E-state index in [1.165, 1.54) is 6.07 Å². The summed E-state index contributed by atoms with van der Waals surface area (Å²) in [7, 11) is 0. The molecule has 162 valence electrons. The van der Waals surface area contributed by atoms with Gasteiger partial charge in [0.25, 0.3) is 5.91 Å². The Labute approximate surface area is 179 Å². The Morgan fingerprint density at radius 2 is 1.94 bits per heavy atom. The molecular weight excluding hydrogens is 401 g/mol. The van der Waals surface area contributed by atoms with Crippen LogP contribution in [0.3, 0.4) is 0 Å². The first kappa shape index (κ1) is 19.6. The SMILES string of the molecule is Cc1cn2cc(NC(=O)c3ccc(N4C[C@@H](C)N[C@@H](C)C4)c4c3OCO4)cc(F)c2n1. The van der Waals surface area contributed by atoms with E-state index in [4.69, 9.17) is 9.47 Å². The maximum absolute atomic E-state index is 14.4. The summed E-state index contributed by atoms with van der Waals surface area (Å²) in [6.45, 7) is 7.77. The molecule has 3 aromatic rings. The third-order valence-corrected chi connectivity index (χ3v) is 5.53. The van der Waals surface area contributed by atoms with Crippen molar-refractivity contribution in [3.63, 3.8) is 0 Å². The Balaban J connectivity index is 1.44. The van der Waals surface area contributed by atoms with Crippen molar-refractivity contribution >= 4 is 22.9 Å². The molecule has 1 amide bonds. The standard InChI is InChI=1S/C22H24FN5O3/c1-12-7-27(8-13(2)24-12)18-5-4-16(19-20(18)31-11-30-19)22(29)26-15-6-17(23)21-25-14(3)9-28(21)10-15/h4-6,9-10,12-13,24H,7-8,11H2,1-3H3,(H,26,29)/t12-,13+. The maximum Gasteiger partial charge on any atom is 0.259 e. The number of imidazole rings is 1.